The third kappa shape index (κ3) is 2.61. The zero-order valence-electron chi connectivity index (χ0n) is 7.69. The second-order valence-electron chi connectivity index (χ2n) is 2.72. The summed E-state index contributed by atoms with van der Waals surface area (Å²) < 4.78 is 58.8. The molecule has 1 heterocycles. The van der Waals surface area contributed by atoms with Crippen LogP contribution in [0.3, 0.4) is 0 Å². The van der Waals surface area contributed by atoms with Crippen molar-refractivity contribution in [2.45, 2.75) is 12.1 Å². The SMILES string of the molecule is O=S(=O)(Nc1ncccc1CO)C(F)(F)F. The first kappa shape index (κ1) is 12.7. The number of anilines is 1. The number of rotatable bonds is 3. The summed E-state index contributed by atoms with van der Waals surface area (Å²) in [4.78, 5) is 3.40. The van der Waals surface area contributed by atoms with Crippen LogP contribution in [0.5, 0.6) is 0 Å². The van der Waals surface area contributed by atoms with Crippen molar-refractivity contribution >= 4 is 15.8 Å². The molecular formula is C7H7F3N2O3S. The van der Waals surface area contributed by atoms with E-state index in [1.165, 1.54) is 16.9 Å². The highest BCUT2D eigenvalue weighted by atomic mass is 32.2. The minimum Gasteiger partial charge on any atom is -0.392 e. The summed E-state index contributed by atoms with van der Waals surface area (Å²) in [7, 11) is -5.51. The maximum Gasteiger partial charge on any atom is 0.516 e. The van der Waals surface area contributed by atoms with Gasteiger partial charge in [0, 0.05) is 11.8 Å². The van der Waals surface area contributed by atoms with E-state index >= 15 is 0 Å². The molecule has 0 fully saturated rings. The fraction of sp³-hybridized carbons (Fsp3) is 0.286. The first-order valence-electron chi connectivity index (χ1n) is 3.92. The molecule has 16 heavy (non-hydrogen) atoms. The quantitative estimate of drug-likeness (QED) is 0.839. The molecule has 0 aromatic carbocycles. The molecule has 0 unspecified atom stereocenters. The fourth-order valence-electron chi connectivity index (χ4n) is 0.843. The van der Waals surface area contributed by atoms with Gasteiger partial charge >= 0.3 is 15.5 Å². The number of aliphatic hydroxyl groups is 1. The summed E-state index contributed by atoms with van der Waals surface area (Å²) in [5, 5.41) is 8.76. The van der Waals surface area contributed by atoms with Crippen molar-refractivity contribution < 1.29 is 26.7 Å². The lowest BCUT2D eigenvalue weighted by Gasteiger charge is -2.11. The van der Waals surface area contributed by atoms with Gasteiger partial charge in [0.1, 0.15) is 5.82 Å². The van der Waals surface area contributed by atoms with Crippen molar-refractivity contribution in [3.8, 4) is 0 Å². The average molecular weight is 256 g/mol. The van der Waals surface area contributed by atoms with Crippen LogP contribution in [-0.2, 0) is 16.6 Å². The maximum atomic E-state index is 12.0. The molecule has 5 nitrogen and oxygen atoms in total. The van der Waals surface area contributed by atoms with Gasteiger partial charge in [-0.15, -0.1) is 0 Å². The molecule has 0 spiro atoms. The van der Waals surface area contributed by atoms with Crippen LogP contribution in [0.2, 0.25) is 0 Å². The van der Waals surface area contributed by atoms with Crippen LogP contribution in [0.25, 0.3) is 0 Å². The number of hydrogen-bond acceptors (Lipinski definition) is 4. The highest BCUT2D eigenvalue weighted by Gasteiger charge is 2.46. The molecule has 1 rings (SSSR count). The molecule has 1 aromatic rings. The van der Waals surface area contributed by atoms with E-state index in [4.69, 9.17) is 5.11 Å². The van der Waals surface area contributed by atoms with Gasteiger partial charge in [-0.25, -0.2) is 4.98 Å². The Kier molecular flexibility index (Phi) is 3.38. The standard InChI is InChI=1S/C7H7F3N2O3S/c8-7(9,10)16(14,15)12-6-5(4-13)2-1-3-11-6/h1-3,13H,4H2,(H,11,12). The molecule has 0 radical (unpaired) electrons. The molecule has 90 valence electrons. The van der Waals surface area contributed by atoms with Crippen LogP contribution in [-0.4, -0.2) is 24.0 Å². The smallest absolute Gasteiger partial charge is 0.392 e. The molecular weight excluding hydrogens is 249 g/mol. The number of alkyl halides is 3. The van der Waals surface area contributed by atoms with E-state index in [1.807, 2.05) is 0 Å². The zero-order chi connectivity index (χ0) is 12.4. The minimum atomic E-state index is -5.51. The number of nitrogens with one attached hydrogen (secondary N) is 1. The van der Waals surface area contributed by atoms with E-state index in [9.17, 15) is 21.6 Å². The minimum absolute atomic E-state index is 0.0460. The number of halogens is 3. The molecule has 0 saturated heterocycles. The van der Waals surface area contributed by atoms with Crippen LogP contribution in [0, 0.1) is 0 Å². The van der Waals surface area contributed by atoms with Gasteiger partial charge in [0.2, 0.25) is 0 Å². The molecule has 0 aliphatic rings. The van der Waals surface area contributed by atoms with Gasteiger partial charge in [0.05, 0.1) is 6.61 Å². The lowest BCUT2D eigenvalue weighted by atomic mass is 10.3. The molecule has 2 N–H and O–H groups in total. The Labute approximate surface area is 89.0 Å². The topological polar surface area (TPSA) is 79.3 Å². The molecule has 0 aliphatic carbocycles. The average Bonchev–Trinajstić information content (AvgIpc) is 2.16. The van der Waals surface area contributed by atoms with Crippen molar-refractivity contribution in [3.63, 3.8) is 0 Å². The molecule has 0 aliphatic heterocycles. The van der Waals surface area contributed by atoms with Gasteiger partial charge in [-0.05, 0) is 6.07 Å². The number of sulfonamides is 1. The number of aromatic nitrogens is 1. The Morgan fingerprint density at radius 3 is 2.56 bits per heavy atom. The molecule has 0 atom stereocenters. The van der Waals surface area contributed by atoms with E-state index in [-0.39, 0.29) is 5.56 Å². The highest BCUT2D eigenvalue weighted by Crippen LogP contribution is 2.25. The number of hydrogen-bond donors (Lipinski definition) is 2. The zero-order valence-corrected chi connectivity index (χ0v) is 8.51. The molecule has 0 bridgehead atoms. The third-order valence-electron chi connectivity index (χ3n) is 1.60. The van der Waals surface area contributed by atoms with Gasteiger partial charge in [-0.2, -0.15) is 21.6 Å². The van der Waals surface area contributed by atoms with Crippen LogP contribution in [0.4, 0.5) is 19.0 Å². The van der Waals surface area contributed by atoms with Crippen LogP contribution in [0.15, 0.2) is 18.3 Å². The normalized spacial score (nSPS) is 12.5. The first-order chi connectivity index (χ1) is 7.28. The van der Waals surface area contributed by atoms with Crippen LogP contribution < -0.4 is 4.72 Å². The van der Waals surface area contributed by atoms with Crippen molar-refractivity contribution in [3.05, 3.63) is 23.9 Å². The van der Waals surface area contributed by atoms with Gasteiger partial charge in [-0.3, -0.25) is 4.72 Å². The molecule has 0 saturated carbocycles. The van der Waals surface area contributed by atoms with E-state index in [2.05, 4.69) is 4.98 Å². The predicted octanol–water partition coefficient (Wildman–Crippen LogP) is 0.835. The lowest BCUT2D eigenvalue weighted by molar-refractivity contribution is -0.0429. The molecule has 0 amide bonds. The van der Waals surface area contributed by atoms with Crippen molar-refractivity contribution in [1.82, 2.24) is 4.98 Å². The Balaban J connectivity index is 3.06. The van der Waals surface area contributed by atoms with Gasteiger partial charge in [-0.1, -0.05) is 6.07 Å². The summed E-state index contributed by atoms with van der Waals surface area (Å²) in [6.07, 6.45) is 1.10. The highest BCUT2D eigenvalue weighted by molar-refractivity contribution is 7.93. The van der Waals surface area contributed by atoms with E-state index in [1.54, 1.807) is 0 Å². The maximum absolute atomic E-state index is 12.0. The van der Waals surface area contributed by atoms with Crippen LogP contribution in [0.1, 0.15) is 5.56 Å². The van der Waals surface area contributed by atoms with E-state index in [0.29, 0.717) is 0 Å². The van der Waals surface area contributed by atoms with Crippen molar-refractivity contribution in [2.75, 3.05) is 4.72 Å². The monoisotopic (exact) mass is 256 g/mol. The number of aliphatic hydroxyl groups excluding tert-OH is 1. The van der Waals surface area contributed by atoms with Gasteiger partial charge < -0.3 is 5.11 Å². The second kappa shape index (κ2) is 4.26. The Morgan fingerprint density at radius 1 is 1.44 bits per heavy atom. The summed E-state index contributed by atoms with van der Waals surface area (Å²) in [6, 6.07) is 2.61. The van der Waals surface area contributed by atoms with E-state index in [0.717, 1.165) is 6.20 Å². The van der Waals surface area contributed by atoms with Gasteiger partial charge in [0.25, 0.3) is 0 Å². The summed E-state index contributed by atoms with van der Waals surface area (Å²) in [5.74, 6) is -0.540. The molecule has 9 heteroatoms. The summed E-state index contributed by atoms with van der Waals surface area (Å²) >= 11 is 0. The van der Waals surface area contributed by atoms with Crippen molar-refractivity contribution in [1.29, 1.82) is 0 Å². The summed E-state index contributed by atoms with van der Waals surface area (Å²) in [6.45, 7) is -0.621. The first-order valence-corrected chi connectivity index (χ1v) is 5.40. The largest absolute Gasteiger partial charge is 0.516 e. The van der Waals surface area contributed by atoms with E-state index < -0.39 is 28.0 Å². The lowest BCUT2D eigenvalue weighted by Crippen LogP contribution is -2.30. The number of nitrogens with zero attached hydrogens (tertiary/aromatic N) is 1. The molecule has 1 aromatic heterocycles. The summed E-state index contributed by atoms with van der Waals surface area (Å²) in [5.41, 5.74) is -5.47. The number of pyridine rings is 1. The fourth-order valence-corrected chi connectivity index (χ4v) is 1.40. The Hall–Kier alpha value is -1.35. The third-order valence-corrected chi connectivity index (χ3v) is 2.67. The Morgan fingerprint density at radius 2 is 2.06 bits per heavy atom. The second-order valence-corrected chi connectivity index (χ2v) is 4.39. The van der Waals surface area contributed by atoms with Crippen molar-refractivity contribution in [2.24, 2.45) is 0 Å². The van der Waals surface area contributed by atoms with Crippen LogP contribution >= 0.6 is 0 Å². The predicted molar refractivity (Wildman–Crippen MR) is 48.8 cm³/mol. The van der Waals surface area contributed by atoms with Gasteiger partial charge in [0.15, 0.2) is 0 Å². The Bertz CT molecular complexity index is 472.